The number of aliphatic hydroxyl groups is 1. The van der Waals surface area contributed by atoms with Gasteiger partial charge >= 0.3 is 0 Å². The Balaban J connectivity index is 1.23. The Morgan fingerprint density at radius 2 is 1.88 bits per heavy atom. The molecule has 1 fully saturated rings. The third-order valence-corrected chi connectivity index (χ3v) is 6.83. The number of nitrogens with zero attached hydrogens (tertiary/aromatic N) is 1. The van der Waals surface area contributed by atoms with Crippen molar-refractivity contribution in [2.45, 2.75) is 38.2 Å². The third kappa shape index (κ3) is 6.06. The maximum Gasteiger partial charge on any atom is 0.144 e. The summed E-state index contributed by atoms with van der Waals surface area (Å²) in [5.41, 5.74) is 4.80. The number of hydrogen-bond acceptors (Lipinski definition) is 5. The molecule has 2 aliphatic rings. The molecule has 1 N–H and O–H groups in total. The standard InChI is InChI=1S/C26H36BNO4/c1-30-14-15-32-26-18-21(2-4-23(26)27)16-20-7-11-28(12-8-20)10-6-19-3-5-25-22(17-19)24(29)9-13-31-25/h2-5,17-18,20,24,29H,6-16,27H2,1H3. The summed E-state index contributed by atoms with van der Waals surface area (Å²) in [6.45, 7) is 5.20. The summed E-state index contributed by atoms with van der Waals surface area (Å²) in [6, 6.07) is 12.9. The van der Waals surface area contributed by atoms with Crippen molar-refractivity contribution in [3.8, 4) is 11.5 Å². The Morgan fingerprint density at radius 3 is 2.69 bits per heavy atom. The fourth-order valence-corrected chi connectivity index (χ4v) is 4.78. The van der Waals surface area contributed by atoms with E-state index in [1.54, 1.807) is 7.11 Å². The maximum atomic E-state index is 10.2. The van der Waals surface area contributed by atoms with E-state index in [4.69, 9.17) is 14.2 Å². The number of fused-ring (bicyclic) bond motifs is 1. The van der Waals surface area contributed by atoms with E-state index < -0.39 is 0 Å². The highest BCUT2D eigenvalue weighted by molar-refractivity contribution is 6.34. The van der Waals surface area contributed by atoms with Gasteiger partial charge in [0.15, 0.2) is 0 Å². The van der Waals surface area contributed by atoms with Gasteiger partial charge in [-0.25, -0.2) is 0 Å². The van der Waals surface area contributed by atoms with Crippen LogP contribution in [0.3, 0.4) is 0 Å². The first kappa shape index (κ1) is 23.2. The van der Waals surface area contributed by atoms with Crippen molar-refractivity contribution in [3.05, 3.63) is 53.1 Å². The van der Waals surface area contributed by atoms with Crippen molar-refractivity contribution in [2.75, 3.05) is 46.6 Å². The molecule has 4 rings (SSSR count). The number of aliphatic hydroxyl groups excluding tert-OH is 1. The number of likely N-dealkylation sites (tertiary alicyclic amines) is 1. The number of methoxy groups -OCH3 is 1. The number of piperidine rings is 1. The van der Waals surface area contributed by atoms with E-state index in [0.717, 1.165) is 55.5 Å². The quantitative estimate of drug-likeness (QED) is 0.482. The minimum Gasteiger partial charge on any atom is -0.493 e. The molecule has 0 aliphatic carbocycles. The molecule has 0 radical (unpaired) electrons. The lowest BCUT2D eigenvalue weighted by molar-refractivity contribution is 0.115. The highest BCUT2D eigenvalue weighted by Crippen LogP contribution is 2.32. The predicted octanol–water partition coefficient (Wildman–Crippen LogP) is 2.28. The second-order valence-electron chi connectivity index (χ2n) is 9.21. The van der Waals surface area contributed by atoms with E-state index in [0.29, 0.717) is 26.2 Å². The van der Waals surface area contributed by atoms with Gasteiger partial charge in [-0.3, -0.25) is 0 Å². The molecule has 0 spiro atoms. The van der Waals surface area contributed by atoms with E-state index >= 15 is 0 Å². The predicted molar refractivity (Wildman–Crippen MR) is 130 cm³/mol. The van der Waals surface area contributed by atoms with Crippen molar-refractivity contribution >= 4 is 13.3 Å². The second kappa shape index (κ2) is 11.2. The van der Waals surface area contributed by atoms with Crippen molar-refractivity contribution in [1.29, 1.82) is 0 Å². The van der Waals surface area contributed by atoms with Crippen LogP contribution in [0, 0.1) is 5.92 Å². The summed E-state index contributed by atoms with van der Waals surface area (Å²) >= 11 is 0. The fraction of sp³-hybridized carbons (Fsp3) is 0.538. The Labute approximate surface area is 193 Å². The number of hydrogen-bond donors (Lipinski definition) is 1. The van der Waals surface area contributed by atoms with Crippen LogP contribution in [0.15, 0.2) is 36.4 Å². The highest BCUT2D eigenvalue weighted by atomic mass is 16.5. The van der Waals surface area contributed by atoms with Crippen molar-refractivity contribution < 1.29 is 19.3 Å². The Bertz CT molecular complexity index is 882. The van der Waals surface area contributed by atoms with E-state index in [2.05, 4.69) is 43.1 Å². The van der Waals surface area contributed by atoms with Crippen molar-refractivity contribution in [1.82, 2.24) is 4.90 Å². The molecule has 2 aromatic carbocycles. The van der Waals surface area contributed by atoms with Crippen LogP contribution in [0.4, 0.5) is 0 Å². The van der Waals surface area contributed by atoms with Crippen LogP contribution in [0.25, 0.3) is 0 Å². The minimum atomic E-state index is -0.387. The van der Waals surface area contributed by atoms with Crippen molar-refractivity contribution in [2.24, 2.45) is 5.92 Å². The lowest BCUT2D eigenvalue weighted by atomic mass is 9.87. The van der Waals surface area contributed by atoms with Gasteiger partial charge in [0, 0.05) is 25.6 Å². The Kier molecular flexibility index (Phi) is 8.12. The molecular formula is C26H36BNO4. The Morgan fingerprint density at radius 1 is 1.06 bits per heavy atom. The second-order valence-corrected chi connectivity index (χ2v) is 9.21. The first-order valence-corrected chi connectivity index (χ1v) is 12.0. The molecule has 1 unspecified atom stereocenters. The lowest BCUT2D eigenvalue weighted by Gasteiger charge is -2.32. The van der Waals surface area contributed by atoms with Crippen LogP contribution in [-0.2, 0) is 17.6 Å². The first-order valence-electron chi connectivity index (χ1n) is 12.0. The normalized spacial score (nSPS) is 19.4. The van der Waals surface area contributed by atoms with E-state index in [-0.39, 0.29) is 6.10 Å². The molecule has 172 valence electrons. The number of rotatable bonds is 9. The zero-order valence-corrected chi connectivity index (χ0v) is 19.5. The fourth-order valence-electron chi connectivity index (χ4n) is 4.78. The van der Waals surface area contributed by atoms with Crippen LogP contribution < -0.4 is 14.9 Å². The molecule has 0 bridgehead atoms. The van der Waals surface area contributed by atoms with Crippen LogP contribution in [0.2, 0.25) is 0 Å². The third-order valence-electron chi connectivity index (χ3n) is 6.83. The molecule has 0 amide bonds. The van der Waals surface area contributed by atoms with Gasteiger partial charge in [0.2, 0.25) is 0 Å². The molecule has 2 aromatic rings. The van der Waals surface area contributed by atoms with Gasteiger partial charge in [-0.2, -0.15) is 0 Å². The van der Waals surface area contributed by atoms with E-state index in [9.17, 15) is 5.11 Å². The zero-order valence-electron chi connectivity index (χ0n) is 19.5. The summed E-state index contributed by atoms with van der Waals surface area (Å²) < 4.78 is 16.6. The number of ether oxygens (including phenoxy) is 3. The highest BCUT2D eigenvalue weighted by Gasteiger charge is 2.21. The van der Waals surface area contributed by atoms with Crippen LogP contribution >= 0.6 is 0 Å². The van der Waals surface area contributed by atoms with Gasteiger partial charge in [-0.1, -0.05) is 18.2 Å². The summed E-state index contributed by atoms with van der Waals surface area (Å²) in [5, 5.41) is 10.2. The van der Waals surface area contributed by atoms with Gasteiger partial charge in [0.25, 0.3) is 0 Å². The average molecular weight is 437 g/mol. The lowest BCUT2D eigenvalue weighted by Crippen LogP contribution is -2.35. The summed E-state index contributed by atoms with van der Waals surface area (Å²) in [4.78, 5) is 2.58. The molecule has 32 heavy (non-hydrogen) atoms. The first-order chi connectivity index (χ1) is 15.6. The maximum absolute atomic E-state index is 10.2. The zero-order chi connectivity index (χ0) is 22.3. The van der Waals surface area contributed by atoms with Gasteiger partial charge in [-0.05, 0) is 79.5 Å². The van der Waals surface area contributed by atoms with E-state index in [1.165, 1.54) is 29.4 Å². The average Bonchev–Trinajstić information content (AvgIpc) is 2.81. The summed E-state index contributed by atoms with van der Waals surface area (Å²) in [5.74, 6) is 2.56. The van der Waals surface area contributed by atoms with Gasteiger partial charge in [0.1, 0.15) is 26.0 Å². The smallest absolute Gasteiger partial charge is 0.144 e. The minimum absolute atomic E-state index is 0.387. The molecular weight excluding hydrogens is 401 g/mol. The van der Waals surface area contributed by atoms with Gasteiger partial charge < -0.3 is 24.2 Å². The summed E-state index contributed by atoms with van der Waals surface area (Å²) in [7, 11) is 3.80. The molecule has 1 atom stereocenters. The molecule has 2 heterocycles. The van der Waals surface area contributed by atoms with Crippen LogP contribution in [0.5, 0.6) is 11.5 Å². The Hall–Kier alpha value is -2.02. The molecule has 5 nitrogen and oxygen atoms in total. The summed E-state index contributed by atoms with van der Waals surface area (Å²) in [6.07, 6.45) is 4.92. The topological polar surface area (TPSA) is 51.2 Å². The monoisotopic (exact) mass is 437 g/mol. The molecule has 0 aromatic heterocycles. The molecule has 1 saturated heterocycles. The van der Waals surface area contributed by atoms with Crippen LogP contribution in [0.1, 0.15) is 42.1 Å². The SMILES string of the molecule is Bc1ccc(CC2CCN(CCc3ccc4c(c3)C(O)CCO4)CC2)cc1OCCOC. The van der Waals surface area contributed by atoms with Crippen LogP contribution in [-0.4, -0.2) is 64.4 Å². The number of benzene rings is 2. The molecule has 2 aliphatic heterocycles. The molecule has 0 saturated carbocycles. The molecule has 6 heteroatoms. The van der Waals surface area contributed by atoms with Crippen molar-refractivity contribution in [3.63, 3.8) is 0 Å². The van der Waals surface area contributed by atoms with Gasteiger partial charge in [-0.15, -0.1) is 0 Å². The largest absolute Gasteiger partial charge is 0.493 e. The van der Waals surface area contributed by atoms with Gasteiger partial charge in [0.05, 0.1) is 19.3 Å². The van der Waals surface area contributed by atoms with E-state index in [1.807, 2.05) is 6.07 Å².